The first-order valence-corrected chi connectivity index (χ1v) is 9.95. The Balaban J connectivity index is 1.85. The van der Waals surface area contributed by atoms with Crippen molar-refractivity contribution in [1.29, 1.82) is 0 Å². The number of hydrogen-bond donors (Lipinski definition) is 1. The van der Waals surface area contributed by atoms with Crippen LogP contribution in [0.4, 0.5) is 0 Å². The Morgan fingerprint density at radius 3 is 2.18 bits per heavy atom. The molecule has 0 amide bonds. The van der Waals surface area contributed by atoms with Gasteiger partial charge in [0.15, 0.2) is 0 Å². The Kier molecular flexibility index (Phi) is 4.93. The van der Waals surface area contributed by atoms with E-state index in [1.807, 2.05) is 86.6 Å². The Labute approximate surface area is 168 Å². The minimum atomic E-state index is 0.0189. The molecule has 3 heteroatoms. The maximum Gasteiger partial charge on any atom is 0.224 e. The number of thioether (sulfide) groups is 1. The number of hydrogen-bond acceptors (Lipinski definition) is 3. The summed E-state index contributed by atoms with van der Waals surface area (Å²) in [6.07, 6.45) is 0. The quantitative estimate of drug-likeness (QED) is 0.396. The van der Waals surface area contributed by atoms with Gasteiger partial charge >= 0.3 is 0 Å². The molecule has 0 heterocycles. The molecule has 0 radical (unpaired) electrons. The van der Waals surface area contributed by atoms with Crippen molar-refractivity contribution < 1.29 is 9.90 Å². The van der Waals surface area contributed by atoms with Crippen LogP contribution >= 0.6 is 11.8 Å². The monoisotopic (exact) mass is 384 g/mol. The zero-order chi connectivity index (χ0) is 19.7. The van der Waals surface area contributed by atoms with Gasteiger partial charge in [0.2, 0.25) is 5.12 Å². The van der Waals surface area contributed by atoms with E-state index in [0.29, 0.717) is 11.3 Å². The van der Waals surface area contributed by atoms with Crippen LogP contribution in [0.25, 0.3) is 21.9 Å². The van der Waals surface area contributed by atoms with Crippen molar-refractivity contribution in [3.8, 4) is 16.9 Å². The van der Waals surface area contributed by atoms with Gasteiger partial charge in [0.25, 0.3) is 0 Å². The number of phenols is 1. The highest BCUT2D eigenvalue weighted by atomic mass is 32.2. The first-order chi connectivity index (χ1) is 13.5. The normalized spacial score (nSPS) is 10.9. The number of aryl methyl sites for hydroxylation is 2. The summed E-state index contributed by atoms with van der Waals surface area (Å²) in [5, 5.41) is 12.3. The predicted molar refractivity (Wildman–Crippen MR) is 117 cm³/mol. The molecule has 0 aromatic heterocycles. The molecule has 28 heavy (non-hydrogen) atoms. The summed E-state index contributed by atoms with van der Waals surface area (Å²) in [5.74, 6) is 0.319. The fourth-order valence-electron chi connectivity index (χ4n) is 3.43. The topological polar surface area (TPSA) is 37.3 Å². The predicted octanol–water partition coefficient (Wildman–Crippen LogP) is 6.76. The van der Waals surface area contributed by atoms with Crippen molar-refractivity contribution in [3.05, 3.63) is 95.6 Å². The fourth-order valence-corrected chi connectivity index (χ4v) is 4.18. The molecule has 0 saturated carbocycles. The highest BCUT2D eigenvalue weighted by Gasteiger charge is 2.14. The molecule has 0 spiro atoms. The molecule has 2 nitrogen and oxygen atoms in total. The number of fused-ring (bicyclic) bond motifs is 1. The average Bonchev–Trinajstić information content (AvgIpc) is 2.71. The highest BCUT2D eigenvalue weighted by Crippen LogP contribution is 2.35. The zero-order valence-electron chi connectivity index (χ0n) is 15.8. The second-order valence-corrected chi connectivity index (χ2v) is 7.95. The van der Waals surface area contributed by atoms with Crippen LogP contribution in [0.15, 0.2) is 83.8 Å². The van der Waals surface area contributed by atoms with E-state index in [2.05, 4.69) is 6.07 Å². The Morgan fingerprint density at radius 1 is 0.821 bits per heavy atom. The highest BCUT2D eigenvalue weighted by molar-refractivity contribution is 8.14. The van der Waals surface area contributed by atoms with Gasteiger partial charge in [-0.05, 0) is 95.0 Å². The molecule has 0 unspecified atom stereocenters. The molecule has 4 rings (SSSR count). The molecule has 1 N–H and O–H groups in total. The standard InChI is InChI=1S/C25H20O2S/c1-16-12-19(13-17(2)24(16)26)23-15-20(14-18-8-6-7-11-22(18)23)25(27)28-21-9-4-3-5-10-21/h3-15,26H,1-2H3. The third-order valence-electron chi connectivity index (χ3n) is 4.85. The third-order valence-corrected chi connectivity index (χ3v) is 5.78. The van der Waals surface area contributed by atoms with E-state index in [9.17, 15) is 9.90 Å². The number of rotatable bonds is 3. The van der Waals surface area contributed by atoms with Crippen LogP contribution in [0.3, 0.4) is 0 Å². The Bertz CT molecular complexity index is 1160. The van der Waals surface area contributed by atoms with Gasteiger partial charge < -0.3 is 5.11 Å². The third kappa shape index (κ3) is 3.54. The molecule has 0 fully saturated rings. The van der Waals surface area contributed by atoms with Gasteiger partial charge in [0.05, 0.1) is 0 Å². The summed E-state index contributed by atoms with van der Waals surface area (Å²) in [6.45, 7) is 3.79. The van der Waals surface area contributed by atoms with Crippen LogP contribution in [0.2, 0.25) is 0 Å². The Morgan fingerprint density at radius 2 is 1.46 bits per heavy atom. The van der Waals surface area contributed by atoms with E-state index in [1.165, 1.54) is 11.8 Å². The molecule has 0 aliphatic rings. The van der Waals surface area contributed by atoms with Crippen LogP contribution in [0, 0.1) is 13.8 Å². The van der Waals surface area contributed by atoms with E-state index in [4.69, 9.17) is 0 Å². The molecule has 0 aliphatic heterocycles. The lowest BCUT2D eigenvalue weighted by Crippen LogP contribution is -1.96. The summed E-state index contributed by atoms with van der Waals surface area (Å²) in [5.41, 5.74) is 4.33. The van der Waals surface area contributed by atoms with Crippen molar-refractivity contribution in [1.82, 2.24) is 0 Å². The van der Waals surface area contributed by atoms with E-state index < -0.39 is 0 Å². The molecule has 0 saturated heterocycles. The first kappa shape index (κ1) is 18.3. The van der Waals surface area contributed by atoms with E-state index in [1.54, 1.807) is 0 Å². The minimum absolute atomic E-state index is 0.0189. The average molecular weight is 385 g/mol. The SMILES string of the molecule is Cc1cc(-c2cc(C(=O)Sc3ccccc3)cc3ccccc23)cc(C)c1O. The fraction of sp³-hybridized carbons (Fsp3) is 0.0800. The van der Waals surface area contributed by atoms with E-state index >= 15 is 0 Å². The first-order valence-electron chi connectivity index (χ1n) is 9.13. The van der Waals surface area contributed by atoms with Crippen LogP contribution in [-0.4, -0.2) is 10.2 Å². The summed E-state index contributed by atoms with van der Waals surface area (Å²) >= 11 is 1.24. The maximum atomic E-state index is 13.0. The lowest BCUT2D eigenvalue weighted by Gasteiger charge is -2.13. The van der Waals surface area contributed by atoms with Crippen molar-refractivity contribution in [2.45, 2.75) is 18.7 Å². The lowest BCUT2D eigenvalue weighted by atomic mass is 9.93. The molecule has 0 atom stereocenters. The van der Waals surface area contributed by atoms with Crippen LogP contribution < -0.4 is 0 Å². The van der Waals surface area contributed by atoms with Crippen LogP contribution in [0.1, 0.15) is 21.5 Å². The summed E-state index contributed by atoms with van der Waals surface area (Å²) in [6, 6.07) is 25.7. The number of carbonyl (C=O) groups is 1. The molecule has 4 aromatic rings. The van der Waals surface area contributed by atoms with Gasteiger partial charge in [0.1, 0.15) is 5.75 Å². The van der Waals surface area contributed by atoms with Crippen molar-refractivity contribution in [2.75, 3.05) is 0 Å². The molecular formula is C25H20O2S. The molecule has 138 valence electrons. The summed E-state index contributed by atoms with van der Waals surface area (Å²) in [7, 11) is 0. The second kappa shape index (κ2) is 7.53. The molecule has 4 aromatic carbocycles. The maximum absolute atomic E-state index is 13.0. The van der Waals surface area contributed by atoms with Crippen LogP contribution in [-0.2, 0) is 0 Å². The van der Waals surface area contributed by atoms with Crippen molar-refractivity contribution in [2.24, 2.45) is 0 Å². The molecule has 0 aliphatic carbocycles. The molecular weight excluding hydrogens is 364 g/mol. The summed E-state index contributed by atoms with van der Waals surface area (Å²) < 4.78 is 0. The van der Waals surface area contributed by atoms with Gasteiger partial charge in [-0.2, -0.15) is 0 Å². The van der Waals surface area contributed by atoms with Crippen molar-refractivity contribution >= 4 is 27.6 Å². The largest absolute Gasteiger partial charge is 0.507 e. The van der Waals surface area contributed by atoms with Gasteiger partial charge in [-0.25, -0.2) is 0 Å². The van der Waals surface area contributed by atoms with Crippen LogP contribution in [0.5, 0.6) is 5.75 Å². The number of phenolic OH excluding ortho intramolecular Hbond substituents is 1. The van der Waals surface area contributed by atoms with Crippen molar-refractivity contribution in [3.63, 3.8) is 0 Å². The number of aromatic hydroxyl groups is 1. The lowest BCUT2D eigenvalue weighted by molar-refractivity contribution is 0.108. The van der Waals surface area contributed by atoms with Gasteiger partial charge in [-0.1, -0.05) is 42.5 Å². The smallest absolute Gasteiger partial charge is 0.224 e. The second-order valence-electron chi connectivity index (χ2n) is 6.91. The van der Waals surface area contributed by atoms with Gasteiger partial charge in [0, 0.05) is 10.5 Å². The number of carbonyl (C=O) groups excluding carboxylic acids is 1. The zero-order valence-corrected chi connectivity index (χ0v) is 16.6. The minimum Gasteiger partial charge on any atom is -0.507 e. The summed E-state index contributed by atoms with van der Waals surface area (Å²) in [4.78, 5) is 13.9. The Hall–Kier alpha value is -3.04. The van der Waals surface area contributed by atoms with E-state index in [-0.39, 0.29) is 5.12 Å². The van der Waals surface area contributed by atoms with Gasteiger partial charge in [-0.3, -0.25) is 4.79 Å². The van der Waals surface area contributed by atoms with Gasteiger partial charge in [-0.15, -0.1) is 0 Å². The number of benzene rings is 4. The van der Waals surface area contributed by atoms with E-state index in [0.717, 1.165) is 37.9 Å². The molecule has 0 bridgehead atoms.